The van der Waals surface area contributed by atoms with E-state index >= 15 is 0 Å². The van der Waals surface area contributed by atoms with E-state index in [9.17, 15) is 4.79 Å². The summed E-state index contributed by atoms with van der Waals surface area (Å²) in [5, 5.41) is 4.55. The number of benzene rings is 1. The zero-order valence-corrected chi connectivity index (χ0v) is 14.3. The number of carbonyl (C=O) groups excluding carboxylic acids is 1. The van der Waals surface area contributed by atoms with Crippen molar-refractivity contribution in [1.29, 1.82) is 0 Å². The number of likely N-dealkylation sites (tertiary alicyclic amines) is 1. The van der Waals surface area contributed by atoms with Crippen LogP contribution in [0.25, 0.3) is 5.65 Å². The third-order valence-electron chi connectivity index (χ3n) is 4.68. The number of ether oxygens (including phenoxy) is 1. The maximum atomic E-state index is 13.1. The van der Waals surface area contributed by atoms with Crippen LogP contribution >= 0.6 is 0 Å². The lowest BCUT2D eigenvalue weighted by Crippen LogP contribution is -2.31. The second-order valence-electron chi connectivity index (χ2n) is 6.31. The minimum absolute atomic E-state index is 0.00324. The summed E-state index contributed by atoms with van der Waals surface area (Å²) in [7, 11) is 1.61. The molecule has 1 saturated heterocycles. The largest absolute Gasteiger partial charge is 0.497 e. The van der Waals surface area contributed by atoms with E-state index in [1.165, 1.54) is 0 Å². The van der Waals surface area contributed by atoms with Crippen molar-refractivity contribution >= 4 is 11.6 Å². The maximum Gasteiger partial charge on any atom is 0.254 e. The quantitative estimate of drug-likeness (QED) is 0.738. The third-order valence-corrected chi connectivity index (χ3v) is 4.68. The van der Waals surface area contributed by atoms with Crippen LogP contribution in [0.15, 0.2) is 42.6 Å². The number of methoxy groups -OCH3 is 1. The lowest BCUT2D eigenvalue weighted by atomic mass is 10.1. The minimum Gasteiger partial charge on any atom is -0.497 e. The SMILES string of the molecule is COc1cccc(C(=O)N2CCCC2c2ccnc3cc(C)nn23)c1. The van der Waals surface area contributed by atoms with Gasteiger partial charge in [0.15, 0.2) is 5.65 Å². The number of aromatic nitrogens is 3. The predicted molar refractivity (Wildman–Crippen MR) is 93.7 cm³/mol. The highest BCUT2D eigenvalue weighted by Gasteiger charge is 2.32. The summed E-state index contributed by atoms with van der Waals surface area (Å²) >= 11 is 0. The van der Waals surface area contributed by atoms with Gasteiger partial charge in [-0.05, 0) is 44.0 Å². The van der Waals surface area contributed by atoms with E-state index in [-0.39, 0.29) is 11.9 Å². The van der Waals surface area contributed by atoms with Gasteiger partial charge < -0.3 is 9.64 Å². The molecule has 1 aromatic carbocycles. The summed E-state index contributed by atoms with van der Waals surface area (Å²) < 4.78 is 7.10. The van der Waals surface area contributed by atoms with Gasteiger partial charge in [0.1, 0.15) is 5.75 Å². The van der Waals surface area contributed by atoms with Crippen molar-refractivity contribution in [2.24, 2.45) is 0 Å². The number of fused-ring (bicyclic) bond motifs is 1. The molecular weight excluding hydrogens is 316 g/mol. The predicted octanol–water partition coefficient (Wildman–Crippen LogP) is 3.02. The van der Waals surface area contributed by atoms with Gasteiger partial charge in [-0.25, -0.2) is 9.50 Å². The molecule has 1 amide bonds. The molecule has 0 spiro atoms. The van der Waals surface area contributed by atoms with E-state index in [0.717, 1.165) is 36.4 Å². The molecule has 1 aliphatic heterocycles. The monoisotopic (exact) mass is 336 g/mol. The van der Waals surface area contributed by atoms with Gasteiger partial charge in [-0.3, -0.25) is 4.79 Å². The van der Waals surface area contributed by atoms with Crippen molar-refractivity contribution in [3.05, 3.63) is 59.5 Å². The topological polar surface area (TPSA) is 59.7 Å². The van der Waals surface area contributed by atoms with Gasteiger partial charge >= 0.3 is 0 Å². The lowest BCUT2D eigenvalue weighted by molar-refractivity contribution is 0.0731. The molecule has 0 aliphatic carbocycles. The molecule has 0 radical (unpaired) electrons. The molecule has 0 saturated carbocycles. The molecule has 0 N–H and O–H groups in total. The van der Waals surface area contributed by atoms with Crippen LogP contribution in [0, 0.1) is 6.92 Å². The molecule has 6 nitrogen and oxygen atoms in total. The Hall–Kier alpha value is -2.89. The Morgan fingerprint density at radius 3 is 3.00 bits per heavy atom. The highest BCUT2D eigenvalue weighted by atomic mass is 16.5. The Balaban J connectivity index is 1.71. The first-order valence-corrected chi connectivity index (χ1v) is 8.43. The molecule has 3 heterocycles. The molecule has 25 heavy (non-hydrogen) atoms. The molecule has 1 fully saturated rings. The fraction of sp³-hybridized carbons (Fsp3) is 0.316. The fourth-order valence-electron chi connectivity index (χ4n) is 3.52. The van der Waals surface area contributed by atoms with Gasteiger partial charge in [0.05, 0.1) is 24.5 Å². The van der Waals surface area contributed by atoms with Crippen molar-refractivity contribution in [2.45, 2.75) is 25.8 Å². The van der Waals surface area contributed by atoms with Gasteiger partial charge in [-0.1, -0.05) is 6.07 Å². The van der Waals surface area contributed by atoms with E-state index in [0.29, 0.717) is 11.3 Å². The normalized spacial score (nSPS) is 17.2. The maximum absolute atomic E-state index is 13.1. The summed E-state index contributed by atoms with van der Waals surface area (Å²) in [5.41, 5.74) is 3.39. The molecule has 1 atom stereocenters. The number of carbonyl (C=O) groups is 1. The second-order valence-corrected chi connectivity index (χ2v) is 6.31. The first-order valence-electron chi connectivity index (χ1n) is 8.43. The highest BCUT2D eigenvalue weighted by molar-refractivity contribution is 5.95. The molecule has 1 aliphatic rings. The lowest BCUT2D eigenvalue weighted by Gasteiger charge is -2.25. The summed E-state index contributed by atoms with van der Waals surface area (Å²) in [4.78, 5) is 19.4. The molecule has 1 unspecified atom stereocenters. The zero-order valence-electron chi connectivity index (χ0n) is 14.3. The van der Waals surface area contributed by atoms with Gasteiger partial charge in [-0.15, -0.1) is 0 Å². The first-order chi connectivity index (χ1) is 12.2. The number of aryl methyl sites for hydroxylation is 1. The summed E-state index contributed by atoms with van der Waals surface area (Å²) in [6.45, 7) is 2.69. The van der Waals surface area contributed by atoms with Crippen molar-refractivity contribution < 1.29 is 9.53 Å². The number of hydrogen-bond acceptors (Lipinski definition) is 4. The summed E-state index contributed by atoms with van der Waals surface area (Å²) in [6, 6.07) is 11.2. The standard InChI is InChI=1S/C19H20N4O2/c1-13-11-18-20-9-8-17(23(18)21-13)16-7-4-10-22(16)19(24)14-5-3-6-15(12-14)25-2/h3,5-6,8-9,11-12,16H,4,7,10H2,1-2H3. The Bertz CT molecular complexity index is 934. The van der Waals surface area contributed by atoms with E-state index in [4.69, 9.17) is 4.74 Å². The molecule has 0 bridgehead atoms. The van der Waals surface area contributed by atoms with Gasteiger partial charge in [0, 0.05) is 24.4 Å². The number of rotatable bonds is 3. The Morgan fingerprint density at radius 1 is 1.28 bits per heavy atom. The van der Waals surface area contributed by atoms with E-state index < -0.39 is 0 Å². The molecule has 2 aromatic heterocycles. The minimum atomic E-state index is 0.00324. The van der Waals surface area contributed by atoms with Crippen molar-refractivity contribution in [3.63, 3.8) is 0 Å². The molecule has 4 rings (SSSR count). The van der Waals surface area contributed by atoms with E-state index in [2.05, 4.69) is 10.1 Å². The summed E-state index contributed by atoms with van der Waals surface area (Å²) in [5.74, 6) is 0.714. The van der Waals surface area contributed by atoms with Crippen LogP contribution in [0.5, 0.6) is 5.75 Å². The van der Waals surface area contributed by atoms with Crippen LogP contribution in [0.1, 0.15) is 40.6 Å². The van der Waals surface area contributed by atoms with Crippen molar-refractivity contribution in [3.8, 4) is 5.75 Å². The van der Waals surface area contributed by atoms with E-state index in [1.54, 1.807) is 19.4 Å². The second kappa shape index (κ2) is 6.20. The molecular formula is C19H20N4O2. The fourth-order valence-corrected chi connectivity index (χ4v) is 3.52. The van der Waals surface area contributed by atoms with Crippen molar-refractivity contribution in [1.82, 2.24) is 19.5 Å². The van der Waals surface area contributed by atoms with Gasteiger partial charge in [0.25, 0.3) is 5.91 Å². The average molecular weight is 336 g/mol. The molecule has 6 heteroatoms. The summed E-state index contributed by atoms with van der Waals surface area (Å²) in [6.07, 6.45) is 3.69. The van der Waals surface area contributed by atoms with Crippen molar-refractivity contribution in [2.75, 3.05) is 13.7 Å². The van der Waals surface area contributed by atoms with E-state index in [1.807, 2.05) is 46.7 Å². The molecule has 128 valence electrons. The first kappa shape index (κ1) is 15.6. The van der Waals surface area contributed by atoms with Crippen LogP contribution in [0.2, 0.25) is 0 Å². The van der Waals surface area contributed by atoms with Crippen LogP contribution in [0.4, 0.5) is 0 Å². The van der Waals surface area contributed by atoms with Gasteiger partial charge in [0.2, 0.25) is 0 Å². The zero-order chi connectivity index (χ0) is 17.4. The Kier molecular flexibility index (Phi) is 3.87. The number of hydrogen-bond donors (Lipinski definition) is 0. The Morgan fingerprint density at radius 2 is 2.16 bits per heavy atom. The third kappa shape index (κ3) is 2.73. The number of nitrogens with zero attached hydrogens (tertiary/aromatic N) is 4. The van der Waals surface area contributed by atoms with Crippen LogP contribution in [0.3, 0.4) is 0 Å². The Labute approximate surface area is 146 Å². The van der Waals surface area contributed by atoms with Crippen LogP contribution in [-0.2, 0) is 0 Å². The van der Waals surface area contributed by atoms with Gasteiger partial charge in [-0.2, -0.15) is 5.10 Å². The number of amides is 1. The van der Waals surface area contributed by atoms with Crippen LogP contribution < -0.4 is 4.74 Å². The van der Waals surface area contributed by atoms with Crippen LogP contribution in [-0.4, -0.2) is 39.1 Å². The highest BCUT2D eigenvalue weighted by Crippen LogP contribution is 2.33. The molecule has 3 aromatic rings. The smallest absolute Gasteiger partial charge is 0.254 e. The average Bonchev–Trinajstić information content (AvgIpc) is 3.26.